The number of nitrogens with zero attached hydrogens (tertiary/aromatic N) is 6. The van der Waals surface area contributed by atoms with E-state index in [1.165, 1.54) is 24.6 Å². The van der Waals surface area contributed by atoms with Crippen LogP contribution in [-0.4, -0.2) is 70.2 Å². The maximum Gasteiger partial charge on any atom is 0.406 e. The molecule has 0 amide bonds. The Hall–Kier alpha value is -4.45. The first-order chi connectivity index (χ1) is 20.6. The van der Waals surface area contributed by atoms with Crippen molar-refractivity contribution in [1.29, 1.82) is 0 Å². The number of hydrazone groups is 1. The number of pyridine rings is 1. The number of benzene rings is 2. The van der Waals surface area contributed by atoms with Crippen molar-refractivity contribution < 1.29 is 13.2 Å². The average molecular weight is 591 g/mol. The SMILES string of the molecule is CN1CCC(Cc2ccc(Nc3ncc4cc(-c5ccc(C6=NNCN6C)cc5)c(=O)n(CC(F)(F)F)c4n3)cc2)CC1. The van der Waals surface area contributed by atoms with E-state index in [1.54, 1.807) is 30.3 Å². The van der Waals surface area contributed by atoms with Crippen LogP contribution in [0.4, 0.5) is 24.8 Å². The van der Waals surface area contributed by atoms with Gasteiger partial charge in [0.25, 0.3) is 5.56 Å². The van der Waals surface area contributed by atoms with Gasteiger partial charge in [0.05, 0.1) is 0 Å². The third kappa shape index (κ3) is 6.48. The number of aromatic nitrogens is 3. The van der Waals surface area contributed by atoms with Crippen LogP contribution in [-0.2, 0) is 13.0 Å². The molecule has 0 atom stereocenters. The summed E-state index contributed by atoms with van der Waals surface area (Å²) in [6.07, 6.45) is 0.188. The van der Waals surface area contributed by atoms with Crippen LogP contribution < -0.4 is 16.3 Å². The summed E-state index contributed by atoms with van der Waals surface area (Å²) >= 11 is 0. The van der Waals surface area contributed by atoms with Crippen molar-refractivity contribution in [3.8, 4) is 11.1 Å². The monoisotopic (exact) mass is 590 g/mol. The number of alkyl halides is 3. The standard InChI is InChI=1S/C31H33F3N8O/c1-40-13-11-21(12-14-40)15-20-3-9-25(10-4-20)37-30-35-17-24-16-26(29(43)42(27(24)38-30)18-31(32,33)34)22-5-7-23(8-6-22)28-39-36-19-41(28)2/h3-10,16-17,21,36H,11-15,18-19H2,1-2H3,(H,35,37,38). The van der Waals surface area contributed by atoms with E-state index >= 15 is 0 Å². The molecular formula is C31H33F3N8O. The molecule has 6 rings (SSSR count). The molecule has 43 heavy (non-hydrogen) atoms. The lowest BCUT2D eigenvalue weighted by atomic mass is 9.90. The van der Waals surface area contributed by atoms with E-state index in [4.69, 9.17) is 0 Å². The van der Waals surface area contributed by atoms with Crippen molar-refractivity contribution in [2.45, 2.75) is 32.0 Å². The molecule has 0 saturated carbocycles. The number of rotatable bonds is 7. The summed E-state index contributed by atoms with van der Waals surface area (Å²) in [5.74, 6) is 1.51. The zero-order valence-electron chi connectivity index (χ0n) is 24.0. The van der Waals surface area contributed by atoms with Crippen LogP contribution in [0, 0.1) is 5.92 Å². The second-order valence-corrected chi connectivity index (χ2v) is 11.3. The van der Waals surface area contributed by atoms with Gasteiger partial charge < -0.3 is 15.1 Å². The van der Waals surface area contributed by atoms with Crippen molar-refractivity contribution in [3.05, 3.63) is 82.3 Å². The van der Waals surface area contributed by atoms with Gasteiger partial charge in [-0.25, -0.2) is 4.98 Å². The van der Waals surface area contributed by atoms with Crippen LogP contribution >= 0.6 is 0 Å². The molecule has 0 spiro atoms. The van der Waals surface area contributed by atoms with Crippen LogP contribution in [0.3, 0.4) is 0 Å². The van der Waals surface area contributed by atoms with Crippen molar-refractivity contribution in [1.82, 2.24) is 29.8 Å². The van der Waals surface area contributed by atoms with Crippen LogP contribution in [0.5, 0.6) is 0 Å². The quantitative estimate of drug-likeness (QED) is 0.320. The van der Waals surface area contributed by atoms with Crippen molar-refractivity contribution in [3.63, 3.8) is 0 Å². The van der Waals surface area contributed by atoms with E-state index in [2.05, 4.69) is 37.8 Å². The molecular weight excluding hydrogens is 557 g/mol. The number of anilines is 2. The largest absolute Gasteiger partial charge is 0.406 e. The number of likely N-dealkylation sites (tertiary alicyclic amines) is 1. The van der Waals surface area contributed by atoms with Crippen molar-refractivity contribution in [2.75, 3.05) is 39.2 Å². The molecule has 4 aromatic rings. The van der Waals surface area contributed by atoms with Crippen LogP contribution in [0.15, 0.2) is 70.7 Å². The number of nitrogens with one attached hydrogen (secondary N) is 2. The first kappa shape index (κ1) is 28.7. The molecule has 224 valence electrons. The van der Waals surface area contributed by atoms with E-state index in [0.29, 0.717) is 33.8 Å². The first-order valence-electron chi connectivity index (χ1n) is 14.3. The minimum atomic E-state index is -4.63. The van der Waals surface area contributed by atoms with Gasteiger partial charge in [0, 0.05) is 35.4 Å². The van der Waals surface area contributed by atoms with Gasteiger partial charge in [-0.2, -0.15) is 23.3 Å². The Morgan fingerprint density at radius 3 is 2.35 bits per heavy atom. The van der Waals surface area contributed by atoms with Gasteiger partial charge in [0.1, 0.15) is 18.9 Å². The fourth-order valence-electron chi connectivity index (χ4n) is 5.67. The topological polar surface area (TPSA) is 90.7 Å². The Morgan fingerprint density at radius 1 is 1.00 bits per heavy atom. The molecule has 12 heteroatoms. The zero-order valence-corrected chi connectivity index (χ0v) is 24.0. The maximum absolute atomic E-state index is 13.7. The van der Waals surface area contributed by atoms with Crippen LogP contribution in [0.2, 0.25) is 0 Å². The fraction of sp³-hybridized carbons (Fsp3) is 0.355. The van der Waals surface area contributed by atoms with E-state index in [0.717, 1.165) is 30.9 Å². The van der Waals surface area contributed by atoms with Gasteiger partial charge in [0.2, 0.25) is 5.95 Å². The molecule has 4 heterocycles. The summed E-state index contributed by atoms with van der Waals surface area (Å²) < 4.78 is 41.7. The summed E-state index contributed by atoms with van der Waals surface area (Å²) in [5.41, 5.74) is 5.41. The molecule has 0 aliphatic carbocycles. The lowest BCUT2D eigenvalue weighted by Crippen LogP contribution is -2.30. The molecule has 2 aliphatic rings. The lowest BCUT2D eigenvalue weighted by molar-refractivity contribution is -0.140. The summed E-state index contributed by atoms with van der Waals surface area (Å²) in [7, 11) is 4.04. The molecule has 2 aliphatic heterocycles. The lowest BCUT2D eigenvalue weighted by Gasteiger charge is -2.28. The van der Waals surface area contributed by atoms with E-state index in [1.807, 2.05) is 36.2 Å². The van der Waals surface area contributed by atoms with Gasteiger partial charge in [-0.15, -0.1) is 0 Å². The molecule has 1 fully saturated rings. The Labute approximate surface area is 247 Å². The highest BCUT2D eigenvalue weighted by Gasteiger charge is 2.30. The summed E-state index contributed by atoms with van der Waals surface area (Å²) in [6, 6.07) is 16.5. The molecule has 0 bridgehead atoms. The maximum atomic E-state index is 13.7. The van der Waals surface area contributed by atoms with Crippen LogP contribution in [0.1, 0.15) is 24.0 Å². The van der Waals surface area contributed by atoms with Gasteiger partial charge in [-0.05, 0) is 74.6 Å². The minimum Gasteiger partial charge on any atom is -0.339 e. The van der Waals surface area contributed by atoms with Gasteiger partial charge in [-0.1, -0.05) is 36.4 Å². The van der Waals surface area contributed by atoms with E-state index < -0.39 is 18.3 Å². The number of amidine groups is 1. The Bertz CT molecular complexity index is 1690. The minimum absolute atomic E-state index is 0.0907. The second-order valence-electron chi connectivity index (χ2n) is 11.3. The van der Waals surface area contributed by atoms with Gasteiger partial charge in [-0.3, -0.25) is 14.8 Å². The Balaban J connectivity index is 1.27. The zero-order chi connectivity index (χ0) is 30.1. The number of fused-ring (bicyclic) bond motifs is 1. The summed E-state index contributed by atoms with van der Waals surface area (Å²) in [6.45, 7) is 1.33. The normalized spacial score (nSPS) is 16.4. The first-order valence-corrected chi connectivity index (χ1v) is 14.3. The molecule has 9 nitrogen and oxygen atoms in total. The highest BCUT2D eigenvalue weighted by Crippen LogP contribution is 2.26. The number of piperidine rings is 1. The molecule has 1 saturated heterocycles. The Morgan fingerprint density at radius 2 is 1.70 bits per heavy atom. The van der Waals surface area contributed by atoms with Crippen LogP contribution in [0.25, 0.3) is 22.2 Å². The Kier molecular flexibility index (Phi) is 7.78. The molecule has 0 unspecified atom stereocenters. The predicted molar refractivity (Wildman–Crippen MR) is 161 cm³/mol. The summed E-state index contributed by atoms with van der Waals surface area (Å²) in [5, 5.41) is 7.65. The third-order valence-corrected chi connectivity index (χ3v) is 8.05. The van der Waals surface area contributed by atoms with Gasteiger partial charge in [0.15, 0.2) is 5.84 Å². The van der Waals surface area contributed by atoms with Crippen molar-refractivity contribution >= 4 is 28.5 Å². The molecule has 2 aromatic carbocycles. The summed E-state index contributed by atoms with van der Waals surface area (Å²) in [4.78, 5) is 26.5. The molecule has 0 radical (unpaired) electrons. The number of hydrogen-bond donors (Lipinski definition) is 2. The predicted octanol–water partition coefficient (Wildman–Crippen LogP) is 4.80. The average Bonchev–Trinajstić information content (AvgIpc) is 3.42. The van der Waals surface area contributed by atoms with Gasteiger partial charge >= 0.3 is 6.18 Å². The van der Waals surface area contributed by atoms with E-state index in [-0.39, 0.29) is 17.2 Å². The van der Waals surface area contributed by atoms with Crippen molar-refractivity contribution in [2.24, 2.45) is 11.0 Å². The smallest absolute Gasteiger partial charge is 0.339 e. The number of halogens is 3. The highest BCUT2D eigenvalue weighted by molar-refractivity contribution is 5.99. The third-order valence-electron chi connectivity index (χ3n) is 8.05. The second kappa shape index (κ2) is 11.7. The fourth-order valence-corrected chi connectivity index (χ4v) is 5.67. The molecule has 2 N–H and O–H groups in total. The van der Waals surface area contributed by atoms with E-state index in [9.17, 15) is 18.0 Å². The molecule has 2 aromatic heterocycles. The number of hydrogen-bond acceptors (Lipinski definition) is 8. The highest BCUT2D eigenvalue weighted by atomic mass is 19.4.